The molecular weight excluding hydrogens is 186 g/mol. The Kier molecular flexibility index (Phi) is 1.88. The van der Waals surface area contributed by atoms with Crippen molar-refractivity contribution < 1.29 is 0 Å². The van der Waals surface area contributed by atoms with Crippen molar-refractivity contribution >= 4 is 21.6 Å². The van der Waals surface area contributed by atoms with Crippen LogP contribution in [0.3, 0.4) is 0 Å². The van der Waals surface area contributed by atoms with E-state index in [1.54, 1.807) is 11.3 Å². The molecule has 0 radical (unpaired) electrons. The van der Waals surface area contributed by atoms with Gasteiger partial charge in [-0.15, -0.1) is 16.4 Å². The lowest BCUT2D eigenvalue weighted by molar-refractivity contribution is 0.876. The summed E-state index contributed by atoms with van der Waals surface area (Å²) in [4.78, 5) is 13.3. The molecule has 4 nitrogen and oxygen atoms in total. The Balaban J connectivity index is 2.93. The maximum absolute atomic E-state index is 11.4. The summed E-state index contributed by atoms with van der Waals surface area (Å²) in [5.41, 5.74) is 0.900. The molecule has 5 heteroatoms. The molecule has 0 spiro atoms. The Morgan fingerprint density at radius 1 is 1.54 bits per heavy atom. The van der Waals surface area contributed by atoms with Crippen molar-refractivity contribution in [2.45, 2.75) is 20.3 Å². The number of fused-ring (bicyclic) bond motifs is 1. The Morgan fingerprint density at radius 2 is 2.31 bits per heavy atom. The first-order valence-corrected chi connectivity index (χ1v) is 4.89. The summed E-state index contributed by atoms with van der Waals surface area (Å²) in [6, 6.07) is 0. The number of hydrogen-bond acceptors (Lipinski definition) is 4. The van der Waals surface area contributed by atoms with Crippen LogP contribution in [0.5, 0.6) is 0 Å². The van der Waals surface area contributed by atoms with Gasteiger partial charge >= 0.3 is 0 Å². The zero-order valence-corrected chi connectivity index (χ0v) is 8.23. The van der Waals surface area contributed by atoms with Gasteiger partial charge in [-0.05, 0) is 18.9 Å². The predicted octanol–water partition coefficient (Wildman–Crippen LogP) is 1.25. The van der Waals surface area contributed by atoms with Crippen molar-refractivity contribution in [1.82, 2.24) is 15.4 Å². The normalized spacial score (nSPS) is 10.9. The number of aromatic nitrogens is 3. The number of aromatic amines is 1. The number of thiophene rings is 1. The molecule has 0 aliphatic carbocycles. The van der Waals surface area contributed by atoms with Gasteiger partial charge in [0.05, 0.1) is 5.39 Å². The molecule has 0 bridgehead atoms. The van der Waals surface area contributed by atoms with E-state index in [2.05, 4.69) is 22.3 Å². The number of nitrogens with one attached hydrogen (secondary N) is 1. The fourth-order valence-corrected chi connectivity index (χ4v) is 2.45. The quantitative estimate of drug-likeness (QED) is 0.745. The molecule has 2 heterocycles. The van der Waals surface area contributed by atoms with Crippen LogP contribution in [0.15, 0.2) is 4.79 Å². The molecule has 2 rings (SSSR count). The van der Waals surface area contributed by atoms with Gasteiger partial charge in [0.25, 0.3) is 5.56 Å². The topological polar surface area (TPSA) is 58.6 Å². The molecule has 13 heavy (non-hydrogen) atoms. The molecule has 0 fully saturated rings. The van der Waals surface area contributed by atoms with Gasteiger partial charge in [-0.3, -0.25) is 4.79 Å². The molecule has 0 unspecified atom stereocenters. The van der Waals surface area contributed by atoms with Crippen LogP contribution >= 0.6 is 11.3 Å². The van der Waals surface area contributed by atoms with Crippen molar-refractivity contribution in [1.29, 1.82) is 0 Å². The fraction of sp³-hybridized carbons (Fsp3) is 0.375. The summed E-state index contributed by atoms with van der Waals surface area (Å²) in [6.07, 6.45) is 0.937. The van der Waals surface area contributed by atoms with Crippen molar-refractivity contribution in [2.24, 2.45) is 0 Å². The molecule has 2 aromatic rings. The minimum atomic E-state index is -0.140. The van der Waals surface area contributed by atoms with Crippen LogP contribution in [0.4, 0.5) is 0 Å². The van der Waals surface area contributed by atoms with Gasteiger partial charge in [-0.2, -0.15) is 0 Å². The van der Waals surface area contributed by atoms with E-state index in [9.17, 15) is 4.79 Å². The van der Waals surface area contributed by atoms with Crippen molar-refractivity contribution in [3.63, 3.8) is 0 Å². The first-order valence-electron chi connectivity index (χ1n) is 4.07. The number of H-pyrrole nitrogens is 1. The average molecular weight is 195 g/mol. The Morgan fingerprint density at radius 3 is 2.92 bits per heavy atom. The van der Waals surface area contributed by atoms with Crippen LogP contribution in [-0.4, -0.2) is 15.4 Å². The first-order chi connectivity index (χ1) is 6.24. The molecule has 0 aliphatic rings. The minimum absolute atomic E-state index is 0.140. The molecule has 68 valence electrons. The molecule has 2 aromatic heterocycles. The summed E-state index contributed by atoms with van der Waals surface area (Å²) in [7, 11) is 0. The summed E-state index contributed by atoms with van der Waals surface area (Å²) < 4.78 is 0. The summed E-state index contributed by atoms with van der Waals surface area (Å²) in [5, 5.41) is 10.4. The van der Waals surface area contributed by atoms with E-state index in [0.717, 1.165) is 16.8 Å². The number of aryl methyl sites for hydroxylation is 2. The van der Waals surface area contributed by atoms with Crippen LogP contribution < -0.4 is 5.56 Å². The fourth-order valence-electron chi connectivity index (χ4n) is 1.39. The molecule has 0 aliphatic heterocycles. The third-order valence-corrected chi connectivity index (χ3v) is 3.39. The van der Waals surface area contributed by atoms with Crippen molar-refractivity contribution in [3.8, 4) is 0 Å². The van der Waals surface area contributed by atoms with E-state index in [1.807, 2.05) is 6.92 Å². The van der Waals surface area contributed by atoms with E-state index >= 15 is 0 Å². The van der Waals surface area contributed by atoms with Gasteiger partial charge in [0.1, 0.15) is 0 Å². The predicted molar refractivity (Wildman–Crippen MR) is 52.2 cm³/mol. The maximum Gasteiger partial charge on any atom is 0.276 e. The lowest BCUT2D eigenvalue weighted by Gasteiger charge is -1.89. The van der Waals surface area contributed by atoms with Crippen molar-refractivity contribution in [3.05, 3.63) is 20.8 Å². The van der Waals surface area contributed by atoms with Crippen LogP contribution in [-0.2, 0) is 6.42 Å². The lowest BCUT2D eigenvalue weighted by Crippen LogP contribution is -2.08. The smallest absolute Gasteiger partial charge is 0.267 e. The van der Waals surface area contributed by atoms with Crippen molar-refractivity contribution in [2.75, 3.05) is 0 Å². The highest BCUT2D eigenvalue weighted by molar-refractivity contribution is 7.18. The highest BCUT2D eigenvalue weighted by atomic mass is 32.1. The first kappa shape index (κ1) is 8.37. The number of nitrogens with zero attached hydrogens (tertiary/aromatic N) is 2. The summed E-state index contributed by atoms with van der Waals surface area (Å²) >= 11 is 1.54. The van der Waals surface area contributed by atoms with Gasteiger partial charge in [0, 0.05) is 4.88 Å². The van der Waals surface area contributed by atoms with Gasteiger partial charge in [0.2, 0.25) is 0 Å². The van der Waals surface area contributed by atoms with Crippen LogP contribution in [0.25, 0.3) is 10.2 Å². The third kappa shape index (κ3) is 1.16. The van der Waals surface area contributed by atoms with Crippen LogP contribution in [0.2, 0.25) is 0 Å². The van der Waals surface area contributed by atoms with E-state index in [-0.39, 0.29) is 5.56 Å². The second kappa shape index (κ2) is 2.92. The molecule has 0 atom stereocenters. The molecule has 0 saturated heterocycles. The Hall–Kier alpha value is -1.23. The molecule has 0 amide bonds. The number of rotatable bonds is 1. The van der Waals surface area contributed by atoms with Gasteiger partial charge in [-0.25, -0.2) is 5.10 Å². The van der Waals surface area contributed by atoms with E-state index in [1.165, 1.54) is 4.88 Å². The van der Waals surface area contributed by atoms with Crippen LogP contribution in [0, 0.1) is 6.92 Å². The van der Waals surface area contributed by atoms with Gasteiger partial charge < -0.3 is 0 Å². The summed E-state index contributed by atoms with van der Waals surface area (Å²) in [6.45, 7) is 4.02. The number of hydrogen-bond donors (Lipinski definition) is 1. The maximum atomic E-state index is 11.4. The lowest BCUT2D eigenvalue weighted by atomic mass is 10.2. The van der Waals surface area contributed by atoms with Crippen LogP contribution in [0.1, 0.15) is 17.4 Å². The summed E-state index contributed by atoms with van der Waals surface area (Å²) in [5.74, 6) is 0. The zero-order valence-electron chi connectivity index (χ0n) is 7.42. The highest BCUT2D eigenvalue weighted by Crippen LogP contribution is 2.25. The highest BCUT2D eigenvalue weighted by Gasteiger charge is 2.10. The zero-order chi connectivity index (χ0) is 9.42. The third-order valence-electron chi connectivity index (χ3n) is 2.07. The Bertz CT molecular complexity index is 500. The molecular formula is C8H9N3OS. The van der Waals surface area contributed by atoms with E-state index < -0.39 is 0 Å². The largest absolute Gasteiger partial charge is 0.276 e. The minimum Gasteiger partial charge on any atom is -0.267 e. The average Bonchev–Trinajstić information content (AvgIpc) is 2.44. The van der Waals surface area contributed by atoms with Gasteiger partial charge in [0.15, 0.2) is 4.83 Å². The molecule has 0 aromatic carbocycles. The van der Waals surface area contributed by atoms with E-state index in [0.29, 0.717) is 5.39 Å². The Labute approximate surface area is 78.6 Å². The standard InChI is InChI=1S/C8H9N3OS/c1-3-5-4(2)6-7(12)9-11-10-8(6)13-5/h3H2,1-2H3,(H,9,10,12). The monoisotopic (exact) mass is 195 g/mol. The molecule has 0 saturated carbocycles. The van der Waals surface area contributed by atoms with E-state index in [4.69, 9.17) is 0 Å². The second-order valence-electron chi connectivity index (χ2n) is 2.82. The molecule has 1 N–H and O–H groups in total. The van der Waals surface area contributed by atoms with Gasteiger partial charge in [-0.1, -0.05) is 12.1 Å². The SMILES string of the molecule is CCc1sc2nn[nH]c(=O)c2c1C. The second-order valence-corrected chi connectivity index (χ2v) is 3.91.